The Morgan fingerprint density at radius 3 is 2.65 bits per heavy atom. The number of nitrogens with one attached hydrogen (secondary N) is 1. The predicted octanol–water partition coefficient (Wildman–Crippen LogP) is 1.73. The highest BCUT2D eigenvalue weighted by Crippen LogP contribution is 2.29. The van der Waals surface area contributed by atoms with E-state index >= 15 is 0 Å². The third kappa shape index (κ3) is 4.37. The first-order chi connectivity index (χ1) is 12.3. The number of carbonyl (C=O) groups excluding carboxylic acids is 2. The van der Waals surface area contributed by atoms with Crippen molar-refractivity contribution in [3.05, 3.63) is 24.3 Å². The van der Waals surface area contributed by atoms with Crippen molar-refractivity contribution in [3.8, 4) is 5.75 Å². The molecule has 0 saturated carbocycles. The van der Waals surface area contributed by atoms with Crippen molar-refractivity contribution in [3.63, 3.8) is 0 Å². The summed E-state index contributed by atoms with van der Waals surface area (Å²) in [6, 6.07) is 4.16. The van der Waals surface area contributed by atoms with Gasteiger partial charge in [-0.3, -0.25) is 4.79 Å². The molecule has 2 aliphatic heterocycles. The van der Waals surface area contributed by atoms with Gasteiger partial charge in [-0.2, -0.15) is 0 Å². The number of ether oxygens (including phenoxy) is 2. The summed E-state index contributed by atoms with van der Waals surface area (Å²) in [7, 11) is 0. The van der Waals surface area contributed by atoms with Crippen LogP contribution < -0.4 is 15.0 Å². The van der Waals surface area contributed by atoms with Crippen molar-refractivity contribution in [1.82, 2.24) is 10.2 Å². The fraction of sp³-hybridized carbons (Fsp3) is 0.500. The Balaban J connectivity index is 1.63. The number of rotatable bonds is 3. The fourth-order valence-corrected chi connectivity index (χ4v) is 2.93. The van der Waals surface area contributed by atoms with Crippen LogP contribution in [-0.4, -0.2) is 62.1 Å². The van der Waals surface area contributed by atoms with E-state index in [0.29, 0.717) is 45.0 Å². The van der Waals surface area contributed by atoms with Gasteiger partial charge >= 0.3 is 12.4 Å². The minimum Gasteiger partial charge on any atom is -0.406 e. The van der Waals surface area contributed by atoms with Gasteiger partial charge in [0, 0.05) is 31.4 Å². The van der Waals surface area contributed by atoms with E-state index in [2.05, 4.69) is 10.1 Å². The Bertz CT molecular complexity index is 677. The molecule has 1 aromatic carbocycles. The lowest BCUT2D eigenvalue weighted by molar-refractivity contribution is -0.274. The Morgan fingerprint density at radius 1 is 1.23 bits per heavy atom. The predicted molar refractivity (Wildman–Crippen MR) is 84.8 cm³/mol. The molecule has 3 rings (SSSR count). The van der Waals surface area contributed by atoms with Gasteiger partial charge in [0.2, 0.25) is 5.91 Å². The van der Waals surface area contributed by atoms with E-state index in [-0.39, 0.29) is 11.9 Å². The smallest absolute Gasteiger partial charge is 0.406 e. The van der Waals surface area contributed by atoms with Gasteiger partial charge in [0.25, 0.3) is 0 Å². The van der Waals surface area contributed by atoms with E-state index in [4.69, 9.17) is 4.74 Å². The average molecular weight is 373 g/mol. The average Bonchev–Trinajstić information content (AvgIpc) is 2.95. The number of nitrogens with zero attached hydrogens (tertiary/aromatic N) is 2. The molecule has 0 aromatic heterocycles. The van der Waals surface area contributed by atoms with Crippen molar-refractivity contribution in [2.75, 3.05) is 37.7 Å². The number of morpholine rings is 1. The van der Waals surface area contributed by atoms with Gasteiger partial charge in [-0.05, 0) is 18.6 Å². The lowest BCUT2D eigenvalue weighted by Gasteiger charge is -2.28. The molecule has 142 valence electrons. The molecule has 2 fully saturated rings. The lowest BCUT2D eigenvalue weighted by Crippen LogP contribution is -2.51. The van der Waals surface area contributed by atoms with Gasteiger partial charge < -0.3 is 24.6 Å². The molecule has 3 amide bonds. The van der Waals surface area contributed by atoms with Gasteiger partial charge in [-0.25, -0.2) is 4.79 Å². The maximum Gasteiger partial charge on any atom is 0.573 e. The molecule has 1 N–H and O–H groups in total. The molecule has 7 nitrogen and oxygen atoms in total. The van der Waals surface area contributed by atoms with Crippen LogP contribution in [0.25, 0.3) is 0 Å². The van der Waals surface area contributed by atoms with E-state index in [1.807, 2.05) is 0 Å². The number of hydrogen-bond donors (Lipinski definition) is 1. The van der Waals surface area contributed by atoms with Crippen LogP contribution in [0, 0.1) is 0 Å². The second kappa shape index (κ2) is 7.40. The Labute approximate surface area is 147 Å². The second-order valence-corrected chi connectivity index (χ2v) is 5.93. The Morgan fingerprint density at radius 2 is 1.96 bits per heavy atom. The van der Waals surface area contributed by atoms with Crippen molar-refractivity contribution in [2.24, 2.45) is 0 Å². The van der Waals surface area contributed by atoms with Gasteiger partial charge in [0.1, 0.15) is 11.8 Å². The molecule has 2 saturated heterocycles. The van der Waals surface area contributed by atoms with E-state index in [1.165, 1.54) is 17.0 Å². The Hall–Kier alpha value is -2.49. The van der Waals surface area contributed by atoms with Crippen LogP contribution >= 0.6 is 0 Å². The number of amides is 3. The highest BCUT2D eigenvalue weighted by Gasteiger charge is 2.35. The molecule has 2 heterocycles. The number of benzene rings is 1. The largest absolute Gasteiger partial charge is 0.573 e. The maximum absolute atomic E-state index is 12.5. The van der Waals surface area contributed by atoms with Crippen LogP contribution in [0.15, 0.2) is 24.3 Å². The lowest BCUT2D eigenvalue weighted by atomic mass is 10.2. The molecule has 26 heavy (non-hydrogen) atoms. The molecule has 0 spiro atoms. The molecular formula is C16H18F3N3O4. The first kappa shape index (κ1) is 18.3. The minimum atomic E-state index is -4.80. The Kier molecular flexibility index (Phi) is 5.21. The first-order valence-electron chi connectivity index (χ1n) is 8.14. The molecule has 0 radical (unpaired) electrons. The highest BCUT2D eigenvalue weighted by molar-refractivity contribution is 6.01. The first-order valence-corrected chi connectivity index (χ1v) is 8.14. The summed E-state index contributed by atoms with van der Waals surface area (Å²) in [4.78, 5) is 27.6. The summed E-state index contributed by atoms with van der Waals surface area (Å²) < 4.78 is 46.1. The van der Waals surface area contributed by atoms with Gasteiger partial charge in [-0.15, -0.1) is 13.2 Å². The molecule has 10 heteroatoms. The molecule has 1 atom stereocenters. The number of urea groups is 1. The van der Waals surface area contributed by atoms with Crippen LogP contribution in [0.4, 0.5) is 23.7 Å². The molecular weight excluding hydrogens is 355 g/mol. The third-order valence-electron chi connectivity index (χ3n) is 4.16. The van der Waals surface area contributed by atoms with Crippen LogP contribution in [0.5, 0.6) is 5.75 Å². The van der Waals surface area contributed by atoms with Crippen LogP contribution in [0.1, 0.15) is 6.42 Å². The molecule has 1 aromatic rings. The molecule has 0 aliphatic carbocycles. The molecule has 2 aliphatic rings. The maximum atomic E-state index is 12.5. The second-order valence-electron chi connectivity index (χ2n) is 5.93. The number of carbonyl (C=O) groups is 2. The van der Waals surface area contributed by atoms with Crippen molar-refractivity contribution >= 4 is 17.6 Å². The fourth-order valence-electron chi connectivity index (χ4n) is 2.93. The van der Waals surface area contributed by atoms with Gasteiger partial charge in [0.05, 0.1) is 13.2 Å². The van der Waals surface area contributed by atoms with Gasteiger partial charge in [0.15, 0.2) is 0 Å². The normalized spacial score (nSPS) is 21.0. The van der Waals surface area contributed by atoms with E-state index in [1.54, 1.807) is 4.90 Å². The van der Waals surface area contributed by atoms with Crippen LogP contribution in [0.3, 0.4) is 0 Å². The van der Waals surface area contributed by atoms with Crippen molar-refractivity contribution in [1.29, 1.82) is 0 Å². The van der Waals surface area contributed by atoms with E-state index in [0.717, 1.165) is 12.1 Å². The van der Waals surface area contributed by atoms with Crippen LogP contribution in [0.2, 0.25) is 0 Å². The number of anilines is 1. The van der Waals surface area contributed by atoms with Crippen molar-refractivity contribution < 1.29 is 32.2 Å². The zero-order valence-electron chi connectivity index (χ0n) is 13.8. The minimum absolute atomic E-state index is 0.292. The molecule has 1 unspecified atom stereocenters. The van der Waals surface area contributed by atoms with Crippen LogP contribution in [-0.2, 0) is 9.53 Å². The number of hydrogen-bond acceptors (Lipinski definition) is 4. The zero-order chi connectivity index (χ0) is 18.7. The SMILES string of the molecule is O=C(NC1CCN(c2cccc(OC(F)(F)F)c2)C1=O)N1CCOCC1. The monoisotopic (exact) mass is 373 g/mol. The summed E-state index contributed by atoms with van der Waals surface area (Å²) in [5.41, 5.74) is 0.292. The number of alkyl halides is 3. The third-order valence-corrected chi connectivity index (χ3v) is 4.16. The highest BCUT2D eigenvalue weighted by atomic mass is 19.4. The van der Waals surface area contributed by atoms with Crippen molar-refractivity contribution in [2.45, 2.75) is 18.8 Å². The summed E-state index contributed by atoms with van der Waals surface area (Å²) in [5, 5.41) is 2.68. The summed E-state index contributed by atoms with van der Waals surface area (Å²) >= 11 is 0. The zero-order valence-corrected chi connectivity index (χ0v) is 13.8. The molecule has 0 bridgehead atoms. The van der Waals surface area contributed by atoms with E-state index < -0.39 is 18.2 Å². The van der Waals surface area contributed by atoms with E-state index in [9.17, 15) is 22.8 Å². The van der Waals surface area contributed by atoms with Gasteiger partial charge in [-0.1, -0.05) is 6.07 Å². The quantitative estimate of drug-likeness (QED) is 0.876. The summed E-state index contributed by atoms with van der Waals surface area (Å²) in [6.07, 6.45) is -4.43. The number of halogens is 3. The summed E-state index contributed by atoms with van der Waals surface area (Å²) in [6.45, 7) is 2.09. The summed E-state index contributed by atoms with van der Waals surface area (Å²) in [5.74, 6) is -0.764. The standard InChI is InChI=1S/C16H18F3N3O4/c17-16(18,19)26-12-3-1-2-11(10-12)22-5-4-13(14(22)23)20-15(24)21-6-8-25-9-7-21/h1-3,10,13H,4-9H2,(H,20,24). The topological polar surface area (TPSA) is 71.1 Å².